The molecule has 0 radical (unpaired) electrons. The molecule has 1 aromatic carbocycles. The van der Waals surface area contributed by atoms with E-state index < -0.39 is 7.12 Å². The van der Waals surface area contributed by atoms with Crippen molar-refractivity contribution in [3.63, 3.8) is 0 Å². The third-order valence-electron chi connectivity index (χ3n) is 2.64. The van der Waals surface area contributed by atoms with E-state index in [2.05, 4.69) is 10.3 Å². The Morgan fingerprint density at radius 1 is 1.26 bits per heavy atom. The Bertz CT molecular complexity index is 542. The van der Waals surface area contributed by atoms with Gasteiger partial charge in [-0.1, -0.05) is 35.5 Å². The summed E-state index contributed by atoms with van der Waals surface area (Å²) in [6, 6.07) is 9.07. The van der Waals surface area contributed by atoms with Crippen LogP contribution in [0.25, 0.3) is 0 Å². The molecule has 0 saturated heterocycles. The number of carbonyl (C=O) groups is 1. The Morgan fingerprint density at radius 3 is 2.68 bits per heavy atom. The molecule has 0 amide bonds. The molecule has 0 aliphatic carbocycles. The monoisotopic (exact) mass is 259 g/mol. The summed E-state index contributed by atoms with van der Waals surface area (Å²) in [5, 5.41) is 25.2. The van der Waals surface area contributed by atoms with Gasteiger partial charge in [0.25, 0.3) is 0 Å². The van der Waals surface area contributed by atoms with Crippen LogP contribution in [0.4, 0.5) is 0 Å². The molecular weight excluding hydrogens is 245 g/mol. The van der Waals surface area contributed by atoms with Gasteiger partial charge in [0.1, 0.15) is 0 Å². The van der Waals surface area contributed by atoms with E-state index >= 15 is 0 Å². The number of ketones is 1. The van der Waals surface area contributed by atoms with E-state index in [0.717, 1.165) is 0 Å². The van der Waals surface area contributed by atoms with Gasteiger partial charge in [0.2, 0.25) is 0 Å². The van der Waals surface area contributed by atoms with Gasteiger partial charge in [0.05, 0.1) is 12.1 Å². The van der Waals surface area contributed by atoms with Gasteiger partial charge in [0, 0.05) is 24.6 Å². The minimum atomic E-state index is -1.46. The predicted molar refractivity (Wildman–Crippen MR) is 69.3 cm³/mol. The van der Waals surface area contributed by atoms with Crippen molar-refractivity contribution in [1.29, 1.82) is 0 Å². The lowest BCUT2D eigenvalue weighted by atomic mass is 9.93. The summed E-state index contributed by atoms with van der Waals surface area (Å²) in [5.74, 6) is 0.0531. The maximum absolute atomic E-state index is 11.9. The highest BCUT2D eigenvalue weighted by atomic mass is 16.4. The second kappa shape index (κ2) is 6.26. The molecule has 0 aliphatic heterocycles. The first kappa shape index (κ1) is 13.4. The van der Waals surface area contributed by atoms with E-state index in [0.29, 0.717) is 24.1 Å². The van der Waals surface area contributed by atoms with E-state index in [-0.39, 0.29) is 12.2 Å². The number of nitrogens with zero attached hydrogens (tertiary/aromatic N) is 3. The molecule has 0 bridgehead atoms. The molecule has 0 spiro atoms. The van der Waals surface area contributed by atoms with Crippen molar-refractivity contribution in [2.45, 2.75) is 19.3 Å². The zero-order chi connectivity index (χ0) is 13.7. The molecule has 1 aromatic heterocycles. The molecule has 0 aliphatic rings. The number of rotatable bonds is 6. The zero-order valence-corrected chi connectivity index (χ0v) is 10.3. The van der Waals surface area contributed by atoms with Gasteiger partial charge in [-0.25, -0.2) is 0 Å². The van der Waals surface area contributed by atoms with E-state index in [1.807, 2.05) is 18.2 Å². The molecule has 98 valence electrons. The van der Waals surface area contributed by atoms with Crippen LogP contribution in [-0.4, -0.2) is 37.9 Å². The SMILES string of the molecule is O=C(CCc1cn(CB(O)O)nn1)c1ccccc1. The Balaban J connectivity index is 1.89. The third-order valence-corrected chi connectivity index (χ3v) is 2.64. The van der Waals surface area contributed by atoms with Gasteiger partial charge in [-0.2, -0.15) is 0 Å². The predicted octanol–water partition coefficient (Wildman–Crippen LogP) is 0.106. The number of hydrogen-bond acceptors (Lipinski definition) is 5. The van der Waals surface area contributed by atoms with Crippen molar-refractivity contribution in [1.82, 2.24) is 15.0 Å². The minimum absolute atomic E-state index is 0.0281. The average Bonchev–Trinajstić information content (AvgIpc) is 2.84. The number of aromatic nitrogens is 3. The smallest absolute Gasteiger partial charge is 0.426 e. The number of hydrogen-bond donors (Lipinski definition) is 2. The molecular formula is C12H14BN3O3. The van der Waals surface area contributed by atoms with Crippen LogP contribution in [0, 0.1) is 0 Å². The maximum atomic E-state index is 11.9. The molecule has 19 heavy (non-hydrogen) atoms. The quantitative estimate of drug-likeness (QED) is 0.567. The van der Waals surface area contributed by atoms with E-state index in [1.54, 1.807) is 18.3 Å². The topological polar surface area (TPSA) is 88.2 Å². The fourth-order valence-electron chi connectivity index (χ4n) is 1.72. The molecule has 0 unspecified atom stereocenters. The number of carbonyl (C=O) groups excluding carboxylic acids is 1. The van der Waals surface area contributed by atoms with Crippen molar-refractivity contribution >= 4 is 12.9 Å². The van der Waals surface area contributed by atoms with E-state index in [1.165, 1.54) is 4.68 Å². The molecule has 7 heteroatoms. The Hall–Kier alpha value is -1.99. The van der Waals surface area contributed by atoms with Crippen LogP contribution in [-0.2, 0) is 12.9 Å². The Labute approximate surface area is 110 Å². The van der Waals surface area contributed by atoms with Crippen molar-refractivity contribution in [3.8, 4) is 0 Å². The molecule has 2 N–H and O–H groups in total. The second-order valence-corrected chi connectivity index (χ2v) is 4.20. The highest BCUT2D eigenvalue weighted by Crippen LogP contribution is 2.06. The summed E-state index contributed by atoms with van der Waals surface area (Å²) < 4.78 is 1.34. The fourth-order valence-corrected chi connectivity index (χ4v) is 1.72. The van der Waals surface area contributed by atoms with Gasteiger partial charge in [-0.15, -0.1) is 5.10 Å². The molecule has 2 aromatic rings. The van der Waals surface area contributed by atoms with Gasteiger partial charge >= 0.3 is 7.12 Å². The van der Waals surface area contributed by atoms with Gasteiger partial charge < -0.3 is 10.0 Å². The number of aryl methyl sites for hydroxylation is 1. The Kier molecular flexibility index (Phi) is 4.43. The van der Waals surface area contributed by atoms with Crippen LogP contribution >= 0.6 is 0 Å². The first-order chi connectivity index (χ1) is 9.15. The van der Waals surface area contributed by atoms with Gasteiger partial charge in [0.15, 0.2) is 5.78 Å². The van der Waals surface area contributed by atoms with Crippen molar-refractivity contribution in [2.24, 2.45) is 0 Å². The van der Waals surface area contributed by atoms with Gasteiger partial charge in [-0.3, -0.25) is 9.48 Å². The summed E-state index contributed by atoms with van der Waals surface area (Å²) in [7, 11) is -1.46. The minimum Gasteiger partial charge on any atom is -0.426 e. The molecule has 2 rings (SSSR count). The summed E-state index contributed by atoms with van der Waals surface area (Å²) in [6.45, 7) is 0. The lowest BCUT2D eigenvalue weighted by Gasteiger charge is -1.98. The standard InChI is InChI=1S/C12H14BN3O3/c17-12(10-4-2-1-3-5-10)7-6-11-8-16(15-14-11)9-13(18)19/h1-5,8,18-19H,6-7,9H2. The summed E-state index contributed by atoms with van der Waals surface area (Å²) in [4.78, 5) is 11.9. The molecule has 0 atom stereocenters. The van der Waals surface area contributed by atoms with Crippen LogP contribution in [0.2, 0.25) is 0 Å². The lowest BCUT2D eigenvalue weighted by Crippen LogP contribution is -2.20. The lowest BCUT2D eigenvalue weighted by molar-refractivity contribution is 0.0982. The highest BCUT2D eigenvalue weighted by molar-refractivity contribution is 6.39. The first-order valence-electron chi connectivity index (χ1n) is 5.98. The van der Waals surface area contributed by atoms with Crippen LogP contribution < -0.4 is 0 Å². The largest absolute Gasteiger partial charge is 0.474 e. The normalized spacial score (nSPS) is 10.4. The van der Waals surface area contributed by atoms with Crippen molar-refractivity contribution in [2.75, 3.05) is 0 Å². The van der Waals surface area contributed by atoms with E-state index in [9.17, 15) is 4.79 Å². The molecule has 0 saturated carbocycles. The van der Waals surface area contributed by atoms with Gasteiger partial charge in [-0.05, 0) is 0 Å². The maximum Gasteiger partial charge on any atom is 0.474 e. The second-order valence-electron chi connectivity index (χ2n) is 4.20. The van der Waals surface area contributed by atoms with Crippen LogP contribution in [0.5, 0.6) is 0 Å². The van der Waals surface area contributed by atoms with Crippen LogP contribution in [0.3, 0.4) is 0 Å². The van der Waals surface area contributed by atoms with E-state index in [4.69, 9.17) is 10.0 Å². The van der Waals surface area contributed by atoms with Crippen molar-refractivity contribution in [3.05, 3.63) is 47.8 Å². The van der Waals surface area contributed by atoms with Crippen LogP contribution in [0.15, 0.2) is 36.5 Å². The Morgan fingerprint density at radius 2 is 2.00 bits per heavy atom. The molecule has 6 nitrogen and oxygen atoms in total. The molecule has 0 fully saturated rings. The molecule has 1 heterocycles. The highest BCUT2D eigenvalue weighted by Gasteiger charge is 2.11. The average molecular weight is 259 g/mol. The summed E-state index contributed by atoms with van der Waals surface area (Å²) in [5.41, 5.74) is 1.34. The summed E-state index contributed by atoms with van der Waals surface area (Å²) in [6.07, 6.45) is 2.41. The third kappa shape index (κ3) is 4.01. The van der Waals surface area contributed by atoms with Crippen molar-refractivity contribution < 1.29 is 14.8 Å². The first-order valence-corrected chi connectivity index (χ1v) is 5.98. The number of Topliss-reactive ketones (excluding diaryl/α,β-unsaturated/α-hetero) is 1. The summed E-state index contributed by atoms with van der Waals surface area (Å²) >= 11 is 0. The number of benzene rings is 1. The van der Waals surface area contributed by atoms with Crippen LogP contribution in [0.1, 0.15) is 22.5 Å². The fraction of sp³-hybridized carbons (Fsp3) is 0.250. The zero-order valence-electron chi connectivity index (χ0n) is 10.3.